The topological polar surface area (TPSA) is 66.8 Å². The summed E-state index contributed by atoms with van der Waals surface area (Å²) < 4.78 is 19.2. The van der Waals surface area contributed by atoms with Crippen LogP contribution in [0.5, 0.6) is 5.75 Å². The zero-order valence-electron chi connectivity index (χ0n) is 19.2. The van der Waals surface area contributed by atoms with E-state index in [1.165, 1.54) is 28.4 Å². The Morgan fingerprint density at radius 3 is 2.50 bits per heavy atom. The van der Waals surface area contributed by atoms with Gasteiger partial charge in [0.25, 0.3) is 11.7 Å². The second kappa shape index (κ2) is 9.81. The van der Waals surface area contributed by atoms with Gasteiger partial charge in [-0.1, -0.05) is 32.0 Å². The summed E-state index contributed by atoms with van der Waals surface area (Å²) in [7, 11) is 0. The zero-order valence-corrected chi connectivity index (χ0v) is 20.1. The molecule has 34 heavy (non-hydrogen) atoms. The molecule has 4 rings (SSSR count). The number of halogens is 1. The van der Waals surface area contributed by atoms with Crippen molar-refractivity contribution in [2.24, 2.45) is 5.92 Å². The van der Waals surface area contributed by atoms with Gasteiger partial charge >= 0.3 is 0 Å². The van der Waals surface area contributed by atoms with E-state index in [1.807, 2.05) is 24.4 Å². The molecule has 3 aromatic rings. The number of hydrogen-bond acceptors (Lipinski definition) is 5. The van der Waals surface area contributed by atoms with Crippen molar-refractivity contribution in [1.29, 1.82) is 0 Å². The Balaban J connectivity index is 1.74. The van der Waals surface area contributed by atoms with Crippen molar-refractivity contribution in [2.45, 2.75) is 33.4 Å². The summed E-state index contributed by atoms with van der Waals surface area (Å²) in [5, 5.41) is 13.1. The summed E-state index contributed by atoms with van der Waals surface area (Å²) >= 11 is 1.40. The molecule has 1 amide bonds. The molecule has 0 bridgehead atoms. The molecule has 0 spiro atoms. The molecule has 1 unspecified atom stereocenters. The van der Waals surface area contributed by atoms with Gasteiger partial charge in [0.15, 0.2) is 0 Å². The van der Waals surface area contributed by atoms with Crippen molar-refractivity contribution < 1.29 is 23.8 Å². The highest BCUT2D eigenvalue weighted by Gasteiger charge is 2.46. The minimum absolute atomic E-state index is 0.0461. The van der Waals surface area contributed by atoms with Gasteiger partial charge in [0.1, 0.15) is 17.3 Å². The van der Waals surface area contributed by atoms with Crippen LogP contribution in [0.4, 0.5) is 4.39 Å². The number of rotatable bonds is 7. The van der Waals surface area contributed by atoms with Crippen molar-refractivity contribution >= 4 is 28.8 Å². The number of aryl methyl sites for hydroxylation is 1. The minimum Gasteiger partial charge on any atom is -0.507 e. The molecule has 0 saturated carbocycles. The first-order valence-corrected chi connectivity index (χ1v) is 11.9. The molecule has 1 aliphatic heterocycles. The number of carbonyl (C=O) groups is 2. The maximum atomic E-state index is 13.4. The number of carbonyl (C=O) groups excluding carboxylic acids is 2. The van der Waals surface area contributed by atoms with E-state index in [0.717, 1.165) is 10.4 Å². The largest absolute Gasteiger partial charge is 0.507 e. The Morgan fingerprint density at radius 2 is 1.88 bits per heavy atom. The third-order valence-electron chi connectivity index (χ3n) is 5.64. The first kappa shape index (κ1) is 23.7. The second-order valence-electron chi connectivity index (χ2n) is 8.75. The number of benzene rings is 2. The number of aliphatic hydroxyl groups excluding tert-OH is 1. The van der Waals surface area contributed by atoms with Crippen LogP contribution < -0.4 is 4.74 Å². The molecular weight excluding hydrogens is 453 g/mol. The van der Waals surface area contributed by atoms with Crippen molar-refractivity contribution in [3.63, 3.8) is 0 Å². The lowest BCUT2D eigenvalue weighted by molar-refractivity contribution is -0.140. The fourth-order valence-corrected chi connectivity index (χ4v) is 4.79. The van der Waals surface area contributed by atoms with E-state index in [4.69, 9.17) is 4.74 Å². The Hall–Kier alpha value is -3.45. The molecule has 1 fully saturated rings. The molecule has 1 aliphatic rings. The average molecular weight is 480 g/mol. The summed E-state index contributed by atoms with van der Waals surface area (Å²) in [4.78, 5) is 28.4. The molecule has 0 aliphatic carbocycles. The van der Waals surface area contributed by atoms with E-state index in [0.29, 0.717) is 29.4 Å². The number of Topliss-reactive ketones (excluding diaryl/α,β-unsaturated/α-hetero) is 1. The third kappa shape index (κ3) is 4.75. The van der Waals surface area contributed by atoms with Crippen LogP contribution in [0.3, 0.4) is 0 Å². The van der Waals surface area contributed by atoms with Crippen LogP contribution >= 0.6 is 11.3 Å². The first-order chi connectivity index (χ1) is 16.3. The molecular formula is C27H26FNO4S. The van der Waals surface area contributed by atoms with Gasteiger partial charge in [0.05, 0.1) is 18.2 Å². The summed E-state index contributed by atoms with van der Waals surface area (Å²) in [6, 6.07) is 13.9. The molecule has 2 heterocycles. The highest BCUT2D eigenvalue weighted by Crippen LogP contribution is 2.42. The quantitative estimate of drug-likeness (QED) is 0.262. The maximum absolute atomic E-state index is 13.4. The van der Waals surface area contributed by atoms with Crippen molar-refractivity contribution in [3.05, 3.63) is 92.9 Å². The van der Waals surface area contributed by atoms with Crippen LogP contribution in [-0.2, 0) is 16.1 Å². The number of ether oxygens (including phenoxy) is 1. The van der Waals surface area contributed by atoms with Gasteiger partial charge in [-0.05, 0) is 65.7 Å². The molecule has 1 N–H and O–H groups in total. The molecule has 7 heteroatoms. The highest BCUT2D eigenvalue weighted by molar-refractivity contribution is 7.10. The summed E-state index contributed by atoms with van der Waals surface area (Å²) in [5.41, 5.74) is 1.99. The summed E-state index contributed by atoms with van der Waals surface area (Å²) in [6.07, 6.45) is 0. The van der Waals surface area contributed by atoms with Crippen molar-refractivity contribution in [3.8, 4) is 5.75 Å². The van der Waals surface area contributed by atoms with Crippen LogP contribution in [0.2, 0.25) is 0 Å². The number of ketones is 1. The lowest BCUT2D eigenvalue weighted by atomic mass is 9.98. The van der Waals surface area contributed by atoms with Crippen molar-refractivity contribution in [1.82, 2.24) is 4.90 Å². The van der Waals surface area contributed by atoms with Crippen LogP contribution in [0.1, 0.15) is 41.5 Å². The Morgan fingerprint density at radius 1 is 1.15 bits per heavy atom. The molecule has 176 valence electrons. The second-order valence-corrected chi connectivity index (χ2v) is 9.73. The fraction of sp³-hybridized carbons (Fsp3) is 0.259. The standard InChI is InChI=1S/C27H26FNO4S/c1-16(2)15-33-21-11-8-19(13-17(21)3)25(30)23-24(22-5-4-12-34-22)29(27(32)26(23)31)14-18-6-9-20(28)10-7-18/h4-13,16,24,30H,14-15H2,1-3H3/b25-23-. The Kier molecular flexibility index (Phi) is 6.84. The number of likely N-dealkylation sites (tertiary alicyclic amines) is 1. The first-order valence-electron chi connectivity index (χ1n) is 11.1. The monoisotopic (exact) mass is 479 g/mol. The molecule has 5 nitrogen and oxygen atoms in total. The summed E-state index contributed by atoms with van der Waals surface area (Å²) in [6.45, 7) is 6.68. The van der Waals surface area contributed by atoms with Crippen LogP contribution in [0, 0.1) is 18.7 Å². The number of thiophene rings is 1. The van der Waals surface area contributed by atoms with Gasteiger partial charge in [-0.25, -0.2) is 4.39 Å². The molecule has 2 aromatic carbocycles. The number of aliphatic hydroxyl groups is 1. The van der Waals surface area contributed by atoms with Crippen LogP contribution in [0.25, 0.3) is 5.76 Å². The van der Waals surface area contributed by atoms with Crippen LogP contribution in [-0.4, -0.2) is 28.3 Å². The van der Waals surface area contributed by atoms with E-state index in [-0.39, 0.29) is 23.7 Å². The highest BCUT2D eigenvalue weighted by atomic mass is 32.1. The van der Waals surface area contributed by atoms with E-state index in [2.05, 4.69) is 13.8 Å². The van der Waals surface area contributed by atoms with Gasteiger partial charge in [-0.15, -0.1) is 11.3 Å². The molecule has 1 atom stereocenters. The van der Waals surface area contributed by atoms with Gasteiger partial charge in [0, 0.05) is 17.0 Å². The Bertz CT molecular complexity index is 1230. The lowest BCUT2D eigenvalue weighted by Crippen LogP contribution is -2.28. The van der Waals surface area contributed by atoms with Gasteiger partial charge in [-0.3, -0.25) is 9.59 Å². The minimum atomic E-state index is -0.740. The molecule has 1 saturated heterocycles. The Labute approximate surface area is 202 Å². The van der Waals surface area contributed by atoms with E-state index in [1.54, 1.807) is 30.3 Å². The van der Waals surface area contributed by atoms with Crippen LogP contribution in [0.15, 0.2) is 65.6 Å². The molecule has 1 aromatic heterocycles. The normalized spacial score (nSPS) is 17.6. The zero-order chi connectivity index (χ0) is 24.4. The van der Waals surface area contributed by atoms with E-state index in [9.17, 15) is 19.1 Å². The predicted octanol–water partition coefficient (Wildman–Crippen LogP) is 5.85. The average Bonchev–Trinajstić information content (AvgIpc) is 3.42. The smallest absolute Gasteiger partial charge is 0.295 e. The van der Waals surface area contributed by atoms with E-state index < -0.39 is 17.7 Å². The number of hydrogen-bond donors (Lipinski definition) is 1. The number of amides is 1. The maximum Gasteiger partial charge on any atom is 0.295 e. The fourth-order valence-electron chi connectivity index (χ4n) is 3.94. The van der Waals surface area contributed by atoms with E-state index >= 15 is 0 Å². The predicted molar refractivity (Wildman–Crippen MR) is 130 cm³/mol. The SMILES string of the molecule is Cc1cc(/C(O)=C2/C(=O)C(=O)N(Cc3ccc(F)cc3)C2c2cccs2)ccc1OCC(C)C. The molecule has 0 radical (unpaired) electrons. The lowest BCUT2D eigenvalue weighted by Gasteiger charge is -2.24. The van der Waals surface area contributed by atoms with Crippen molar-refractivity contribution in [2.75, 3.05) is 6.61 Å². The van der Waals surface area contributed by atoms with Gasteiger partial charge in [-0.2, -0.15) is 0 Å². The number of nitrogens with zero attached hydrogens (tertiary/aromatic N) is 1. The van der Waals surface area contributed by atoms with Gasteiger partial charge < -0.3 is 14.7 Å². The summed E-state index contributed by atoms with van der Waals surface area (Å²) in [5.74, 6) is -0.963. The third-order valence-corrected chi connectivity index (χ3v) is 6.56. The van der Waals surface area contributed by atoms with Gasteiger partial charge in [0.2, 0.25) is 0 Å².